The Bertz CT molecular complexity index is 1380. The standard InChI is InChI=1S/C22H14F2N6O/c1-13-5-4-6-15(18(13)24)21-26-22(31-28-21)19-20(14-9-11-25-12-10-14)30(29-27-19)17-8-3-2-7-16(17)23/h2-12H,1H3. The molecule has 5 rings (SSSR count). The summed E-state index contributed by atoms with van der Waals surface area (Å²) in [6.45, 7) is 1.65. The van der Waals surface area contributed by atoms with Crippen molar-refractivity contribution in [1.29, 1.82) is 0 Å². The van der Waals surface area contributed by atoms with Crippen LogP contribution in [0.2, 0.25) is 0 Å². The topological polar surface area (TPSA) is 82.5 Å². The van der Waals surface area contributed by atoms with Gasteiger partial charge in [-0.3, -0.25) is 4.98 Å². The zero-order chi connectivity index (χ0) is 21.4. The molecule has 3 aromatic heterocycles. The molecule has 0 aliphatic rings. The van der Waals surface area contributed by atoms with E-state index < -0.39 is 11.6 Å². The lowest BCUT2D eigenvalue weighted by Crippen LogP contribution is -2.02. The molecule has 0 N–H and O–H groups in total. The molecule has 0 aliphatic heterocycles. The summed E-state index contributed by atoms with van der Waals surface area (Å²) in [4.78, 5) is 8.35. The van der Waals surface area contributed by atoms with E-state index in [4.69, 9.17) is 4.52 Å². The lowest BCUT2D eigenvalue weighted by atomic mass is 10.1. The quantitative estimate of drug-likeness (QED) is 0.425. The van der Waals surface area contributed by atoms with Gasteiger partial charge in [0.25, 0.3) is 5.89 Å². The second-order valence-corrected chi connectivity index (χ2v) is 6.75. The van der Waals surface area contributed by atoms with Gasteiger partial charge in [-0.15, -0.1) is 5.10 Å². The number of hydrogen-bond donors (Lipinski definition) is 0. The Morgan fingerprint density at radius 1 is 0.935 bits per heavy atom. The zero-order valence-corrected chi connectivity index (χ0v) is 16.2. The van der Waals surface area contributed by atoms with Crippen LogP contribution in [0.5, 0.6) is 0 Å². The summed E-state index contributed by atoms with van der Waals surface area (Å²) < 4.78 is 35.8. The number of halogens is 2. The van der Waals surface area contributed by atoms with E-state index in [1.165, 1.54) is 10.7 Å². The maximum absolute atomic E-state index is 14.5. The Hall–Kier alpha value is -4.27. The molecule has 0 bridgehead atoms. The second kappa shape index (κ2) is 7.52. The van der Waals surface area contributed by atoms with Crippen molar-refractivity contribution in [1.82, 2.24) is 30.1 Å². The van der Waals surface area contributed by atoms with Gasteiger partial charge in [0, 0.05) is 18.0 Å². The fraction of sp³-hybridized carbons (Fsp3) is 0.0455. The third-order valence-corrected chi connectivity index (χ3v) is 4.77. The number of aromatic nitrogens is 6. The predicted octanol–water partition coefficient (Wildman–Crippen LogP) is 4.63. The van der Waals surface area contributed by atoms with Gasteiger partial charge in [-0.25, -0.2) is 13.5 Å². The van der Waals surface area contributed by atoms with E-state index in [0.717, 1.165) is 0 Å². The fourth-order valence-electron chi connectivity index (χ4n) is 3.24. The van der Waals surface area contributed by atoms with E-state index in [9.17, 15) is 8.78 Å². The van der Waals surface area contributed by atoms with Gasteiger partial charge in [-0.1, -0.05) is 34.6 Å². The zero-order valence-electron chi connectivity index (χ0n) is 16.2. The highest BCUT2D eigenvalue weighted by Gasteiger charge is 2.25. The highest BCUT2D eigenvalue weighted by molar-refractivity contribution is 5.76. The molecule has 31 heavy (non-hydrogen) atoms. The molecule has 9 heteroatoms. The molecule has 0 amide bonds. The fourth-order valence-corrected chi connectivity index (χ4v) is 3.24. The molecule has 2 aromatic carbocycles. The van der Waals surface area contributed by atoms with Crippen LogP contribution in [0, 0.1) is 18.6 Å². The van der Waals surface area contributed by atoms with Crippen LogP contribution in [0.4, 0.5) is 8.78 Å². The lowest BCUT2D eigenvalue weighted by Gasteiger charge is -2.08. The largest absolute Gasteiger partial charge is 0.332 e. The van der Waals surface area contributed by atoms with Crippen LogP contribution in [0.1, 0.15) is 5.56 Å². The number of aryl methyl sites for hydroxylation is 1. The maximum atomic E-state index is 14.5. The molecule has 0 fully saturated rings. The number of rotatable bonds is 4. The molecule has 152 valence electrons. The first-order valence-electron chi connectivity index (χ1n) is 9.34. The molecule has 5 aromatic rings. The maximum Gasteiger partial charge on any atom is 0.281 e. The number of hydrogen-bond acceptors (Lipinski definition) is 6. The summed E-state index contributed by atoms with van der Waals surface area (Å²) in [6, 6.07) is 14.6. The van der Waals surface area contributed by atoms with Crippen molar-refractivity contribution in [3.05, 3.63) is 84.2 Å². The van der Waals surface area contributed by atoms with Crippen molar-refractivity contribution >= 4 is 0 Å². The SMILES string of the molecule is Cc1cccc(-c2noc(-c3nnn(-c4ccccc4F)c3-c3ccncc3)n2)c1F. The van der Waals surface area contributed by atoms with Crippen molar-refractivity contribution in [2.75, 3.05) is 0 Å². The van der Waals surface area contributed by atoms with Gasteiger partial charge in [-0.2, -0.15) is 4.98 Å². The minimum atomic E-state index is -0.470. The van der Waals surface area contributed by atoms with Crippen LogP contribution >= 0.6 is 0 Å². The number of benzene rings is 2. The van der Waals surface area contributed by atoms with Crippen molar-refractivity contribution in [2.45, 2.75) is 6.92 Å². The second-order valence-electron chi connectivity index (χ2n) is 6.75. The van der Waals surface area contributed by atoms with Crippen LogP contribution in [0.15, 0.2) is 71.5 Å². The van der Waals surface area contributed by atoms with E-state index >= 15 is 0 Å². The van der Waals surface area contributed by atoms with E-state index in [0.29, 0.717) is 16.8 Å². The van der Waals surface area contributed by atoms with Gasteiger partial charge in [-0.05, 0) is 42.8 Å². The molecule has 0 unspecified atom stereocenters. The normalized spacial score (nSPS) is 11.1. The Labute approximate surface area is 175 Å². The molecule has 0 aliphatic carbocycles. The van der Waals surface area contributed by atoms with E-state index in [1.807, 2.05) is 0 Å². The molecular weight excluding hydrogens is 402 g/mol. The van der Waals surface area contributed by atoms with Crippen molar-refractivity contribution in [2.24, 2.45) is 0 Å². The molecule has 0 atom stereocenters. The monoisotopic (exact) mass is 416 g/mol. The number of para-hydroxylation sites is 1. The van der Waals surface area contributed by atoms with E-state index in [2.05, 4.69) is 25.4 Å². The predicted molar refractivity (Wildman–Crippen MR) is 108 cm³/mol. The van der Waals surface area contributed by atoms with Crippen molar-refractivity contribution in [3.63, 3.8) is 0 Å². The Morgan fingerprint density at radius 3 is 2.55 bits per heavy atom. The van der Waals surface area contributed by atoms with Gasteiger partial charge >= 0.3 is 0 Å². The third-order valence-electron chi connectivity index (χ3n) is 4.77. The molecular formula is C22H14F2N6O. The average Bonchev–Trinajstić information content (AvgIpc) is 3.44. The van der Waals surface area contributed by atoms with Gasteiger partial charge in [0.2, 0.25) is 5.82 Å². The molecule has 0 spiro atoms. The summed E-state index contributed by atoms with van der Waals surface area (Å²) in [5.74, 6) is -0.788. The first-order valence-corrected chi connectivity index (χ1v) is 9.34. The van der Waals surface area contributed by atoms with E-state index in [-0.39, 0.29) is 28.7 Å². The van der Waals surface area contributed by atoms with Crippen LogP contribution in [0.3, 0.4) is 0 Å². The first kappa shape index (κ1) is 18.7. The Kier molecular flexibility index (Phi) is 4.55. The van der Waals surface area contributed by atoms with Gasteiger partial charge in [0.1, 0.15) is 23.0 Å². The minimum Gasteiger partial charge on any atom is -0.332 e. The number of nitrogens with zero attached hydrogens (tertiary/aromatic N) is 6. The lowest BCUT2D eigenvalue weighted by molar-refractivity contribution is 0.430. The molecule has 7 nitrogen and oxygen atoms in total. The Balaban J connectivity index is 1.68. The first-order chi connectivity index (χ1) is 15.1. The summed E-state index contributed by atoms with van der Waals surface area (Å²) >= 11 is 0. The summed E-state index contributed by atoms with van der Waals surface area (Å²) in [6.07, 6.45) is 3.19. The van der Waals surface area contributed by atoms with Crippen molar-refractivity contribution in [3.8, 4) is 39.9 Å². The third kappa shape index (κ3) is 3.25. The molecule has 0 saturated heterocycles. The van der Waals surface area contributed by atoms with Crippen molar-refractivity contribution < 1.29 is 13.3 Å². The average molecular weight is 416 g/mol. The smallest absolute Gasteiger partial charge is 0.281 e. The summed E-state index contributed by atoms with van der Waals surface area (Å²) in [5, 5.41) is 12.2. The van der Waals surface area contributed by atoms with Crippen LogP contribution < -0.4 is 0 Å². The highest BCUT2D eigenvalue weighted by atomic mass is 19.1. The summed E-state index contributed by atoms with van der Waals surface area (Å²) in [7, 11) is 0. The Morgan fingerprint density at radius 2 is 1.74 bits per heavy atom. The highest BCUT2D eigenvalue weighted by Crippen LogP contribution is 2.33. The minimum absolute atomic E-state index is 0.0327. The summed E-state index contributed by atoms with van der Waals surface area (Å²) in [5.41, 5.74) is 2.22. The van der Waals surface area contributed by atoms with Crippen LogP contribution in [-0.2, 0) is 0 Å². The molecule has 3 heterocycles. The molecule has 0 saturated carbocycles. The number of pyridine rings is 1. The van der Waals surface area contributed by atoms with Gasteiger partial charge in [0.05, 0.1) is 5.56 Å². The van der Waals surface area contributed by atoms with Crippen LogP contribution in [-0.4, -0.2) is 30.1 Å². The van der Waals surface area contributed by atoms with Gasteiger partial charge in [0.15, 0.2) is 5.69 Å². The molecule has 0 radical (unpaired) electrons. The van der Waals surface area contributed by atoms with Gasteiger partial charge < -0.3 is 4.52 Å². The van der Waals surface area contributed by atoms with Crippen LogP contribution in [0.25, 0.3) is 39.9 Å². The van der Waals surface area contributed by atoms with E-state index in [1.54, 1.807) is 67.8 Å².